The van der Waals surface area contributed by atoms with Crippen LogP contribution in [0.4, 0.5) is 0 Å². The highest BCUT2D eigenvalue weighted by Crippen LogP contribution is 2.27. The zero-order chi connectivity index (χ0) is 15.6. The van der Waals surface area contributed by atoms with Crippen LogP contribution in [0.5, 0.6) is 0 Å². The van der Waals surface area contributed by atoms with Crippen molar-refractivity contribution >= 4 is 16.1 Å². The molecule has 2 heterocycles. The normalized spacial score (nSPS) is 11.8. The second-order valence-electron chi connectivity index (χ2n) is 4.88. The van der Waals surface area contributed by atoms with Gasteiger partial charge >= 0.3 is 0 Å². The van der Waals surface area contributed by atoms with Crippen LogP contribution < -0.4 is 0 Å². The van der Waals surface area contributed by atoms with Crippen molar-refractivity contribution in [2.24, 2.45) is 0 Å². The molecule has 2 rings (SSSR count). The van der Waals surface area contributed by atoms with Crippen molar-refractivity contribution in [1.82, 2.24) is 9.78 Å². The molecule has 0 fully saturated rings. The summed E-state index contributed by atoms with van der Waals surface area (Å²) < 4.78 is 30.0. The number of rotatable bonds is 6. The Morgan fingerprint density at radius 3 is 2.62 bits per heavy atom. The quantitative estimate of drug-likeness (QED) is 0.762. The van der Waals surface area contributed by atoms with Gasteiger partial charge in [-0.05, 0) is 19.9 Å². The van der Waals surface area contributed by atoms with Gasteiger partial charge in [-0.15, -0.1) is 0 Å². The summed E-state index contributed by atoms with van der Waals surface area (Å²) in [5.41, 5.74) is 1.70. The van der Waals surface area contributed by atoms with Crippen molar-refractivity contribution in [3.05, 3.63) is 29.3 Å². The van der Waals surface area contributed by atoms with Crippen LogP contribution in [0.15, 0.2) is 16.7 Å². The highest BCUT2D eigenvalue weighted by atomic mass is 32.2. The number of aryl methyl sites for hydroxylation is 3. The summed E-state index contributed by atoms with van der Waals surface area (Å²) in [6.45, 7) is 5.46. The average Bonchev–Trinajstić information content (AvgIpc) is 2.99. The average molecular weight is 310 g/mol. The van der Waals surface area contributed by atoms with E-state index in [1.165, 1.54) is 4.68 Å². The van der Waals surface area contributed by atoms with Gasteiger partial charge in [0.15, 0.2) is 16.1 Å². The fourth-order valence-electron chi connectivity index (χ4n) is 2.09. The molecule has 0 atom stereocenters. The van der Waals surface area contributed by atoms with Crippen molar-refractivity contribution in [2.45, 2.75) is 27.3 Å². The van der Waals surface area contributed by atoms with Crippen molar-refractivity contribution in [3.8, 4) is 11.3 Å². The third kappa shape index (κ3) is 3.41. The maximum absolute atomic E-state index is 11.5. The second-order valence-corrected chi connectivity index (χ2v) is 7.35. The Kier molecular flexibility index (Phi) is 4.32. The minimum absolute atomic E-state index is 0.00626. The Morgan fingerprint density at radius 2 is 2.10 bits per heavy atom. The molecule has 2 aromatic heterocycles. The third-order valence-electron chi connectivity index (χ3n) is 3.28. The van der Waals surface area contributed by atoms with E-state index in [4.69, 9.17) is 4.42 Å². The Bertz CT molecular complexity index is 756. The lowest BCUT2D eigenvalue weighted by Gasteiger charge is -2.01. The first kappa shape index (κ1) is 15.5. The SMILES string of the molecule is CCS(=O)(=O)CCn1cc(C=O)c(-c2cc(C)oc2C)n1. The molecular formula is C14H18N2O4S. The van der Waals surface area contributed by atoms with Crippen LogP contribution in [-0.2, 0) is 16.4 Å². The topological polar surface area (TPSA) is 82.2 Å². The monoisotopic (exact) mass is 310 g/mol. The molecule has 0 aliphatic carbocycles. The zero-order valence-corrected chi connectivity index (χ0v) is 13.1. The van der Waals surface area contributed by atoms with E-state index in [-0.39, 0.29) is 18.1 Å². The number of aldehydes is 1. The molecule has 0 aliphatic rings. The van der Waals surface area contributed by atoms with Gasteiger partial charge in [0.25, 0.3) is 0 Å². The van der Waals surface area contributed by atoms with Crippen LogP contribution in [0.1, 0.15) is 28.8 Å². The van der Waals surface area contributed by atoms with Crippen LogP contribution in [0.2, 0.25) is 0 Å². The van der Waals surface area contributed by atoms with Gasteiger partial charge in [0.2, 0.25) is 0 Å². The number of hydrogen-bond donors (Lipinski definition) is 0. The summed E-state index contributed by atoms with van der Waals surface area (Å²) in [5, 5.41) is 4.32. The molecule has 0 aromatic carbocycles. The van der Waals surface area contributed by atoms with Gasteiger partial charge in [0.1, 0.15) is 17.2 Å². The highest BCUT2D eigenvalue weighted by Gasteiger charge is 2.17. The number of sulfone groups is 1. The van der Waals surface area contributed by atoms with Crippen LogP contribution in [0.25, 0.3) is 11.3 Å². The van der Waals surface area contributed by atoms with Gasteiger partial charge in [-0.1, -0.05) is 6.92 Å². The molecule has 0 spiro atoms. The molecule has 0 radical (unpaired) electrons. The van der Waals surface area contributed by atoms with Gasteiger partial charge in [0.05, 0.1) is 17.9 Å². The minimum atomic E-state index is -3.06. The largest absolute Gasteiger partial charge is 0.466 e. The first-order valence-electron chi connectivity index (χ1n) is 6.66. The van der Waals surface area contributed by atoms with E-state index in [9.17, 15) is 13.2 Å². The minimum Gasteiger partial charge on any atom is -0.466 e. The Morgan fingerprint density at radius 1 is 1.38 bits per heavy atom. The number of carbonyl (C=O) groups excluding carboxylic acids is 1. The fourth-order valence-corrected chi connectivity index (χ4v) is 2.84. The van der Waals surface area contributed by atoms with E-state index in [0.29, 0.717) is 17.0 Å². The molecule has 0 aliphatic heterocycles. The molecule has 0 saturated carbocycles. The first-order valence-corrected chi connectivity index (χ1v) is 8.49. The van der Waals surface area contributed by atoms with E-state index in [2.05, 4.69) is 5.10 Å². The number of hydrogen-bond acceptors (Lipinski definition) is 5. The van der Waals surface area contributed by atoms with E-state index < -0.39 is 9.84 Å². The molecule has 21 heavy (non-hydrogen) atoms. The lowest BCUT2D eigenvalue weighted by Crippen LogP contribution is -2.14. The molecule has 0 saturated heterocycles. The Balaban J connectivity index is 2.32. The molecule has 2 aromatic rings. The maximum Gasteiger partial charge on any atom is 0.153 e. The van der Waals surface area contributed by atoms with Crippen LogP contribution in [0, 0.1) is 13.8 Å². The summed E-state index contributed by atoms with van der Waals surface area (Å²) >= 11 is 0. The zero-order valence-electron chi connectivity index (χ0n) is 12.3. The number of nitrogens with zero attached hydrogens (tertiary/aromatic N) is 2. The first-order chi connectivity index (χ1) is 9.86. The van der Waals surface area contributed by atoms with E-state index in [1.54, 1.807) is 20.0 Å². The predicted octanol–water partition coefficient (Wildman–Crippen LogP) is 2.01. The van der Waals surface area contributed by atoms with Crippen molar-refractivity contribution in [3.63, 3.8) is 0 Å². The standard InChI is InChI=1S/C14H18N2O4S/c1-4-21(18,19)6-5-16-8-12(9-17)14(15-16)13-7-10(2)20-11(13)3/h7-9H,4-6H2,1-3H3. The van der Waals surface area contributed by atoms with Crippen LogP contribution in [-0.4, -0.2) is 36.0 Å². The van der Waals surface area contributed by atoms with Gasteiger partial charge in [-0.2, -0.15) is 5.10 Å². The number of furan rings is 1. The molecule has 0 bridgehead atoms. The van der Waals surface area contributed by atoms with E-state index >= 15 is 0 Å². The molecule has 7 heteroatoms. The predicted molar refractivity (Wildman–Crippen MR) is 79.1 cm³/mol. The van der Waals surface area contributed by atoms with Gasteiger partial charge in [-0.3, -0.25) is 9.48 Å². The Hall–Kier alpha value is -1.89. The summed E-state index contributed by atoms with van der Waals surface area (Å²) in [6.07, 6.45) is 2.28. The third-order valence-corrected chi connectivity index (χ3v) is 4.97. The molecular weight excluding hydrogens is 292 g/mol. The van der Waals surface area contributed by atoms with Crippen LogP contribution >= 0.6 is 0 Å². The molecule has 114 valence electrons. The number of carbonyl (C=O) groups is 1. The lowest BCUT2D eigenvalue weighted by molar-refractivity contribution is 0.112. The number of aromatic nitrogens is 2. The molecule has 0 N–H and O–H groups in total. The summed E-state index contributed by atoms with van der Waals surface area (Å²) in [7, 11) is -3.06. The molecule has 6 nitrogen and oxygen atoms in total. The molecule has 0 amide bonds. The summed E-state index contributed by atoms with van der Waals surface area (Å²) in [4.78, 5) is 11.2. The lowest BCUT2D eigenvalue weighted by atomic mass is 10.1. The Labute approximate surface area is 123 Å². The van der Waals surface area contributed by atoms with Crippen LogP contribution in [0.3, 0.4) is 0 Å². The molecule has 0 unspecified atom stereocenters. The van der Waals surface area contributed by atoms with Crippen molar-refractivity contribution in [1.29, 1.82) is 0 Å². The van der Waals surface area contributed by atoms with Gasteiger partial charge in [0, 0.05) is 17.5 Å². The second kappa shape index (κ2) is 5.85. The van der Waals surface area contributed by atoms with Crippen molar-refractivity contribution < 1.29 is 17.6 Å². The van der Waals surface area contributed by atoms with E-state index in [0.717, 1.165) is 17.6 Å². The van der Waals surface area contributed by atoms with Gasteiger partial charge < -0.3 is 4.42 Å². The highest BCUT2D eigenvalue weighted by molar-refractivity contribution is 7.91. The summed E-state index contributed by atoms with van der Waals surface area (Å²) in [5.74, 6) is 1.53. The summed E-state index contributed by atoms with van der Waals surface area (Å²) in [6, 6.07) is 1.82. The smallest absolute Gasteiger partial charge is 0.153 e. The fraction of sp³-hybridized carbons (Fsp3) is 0.429. The van der Waals surface area contributed by atoms with Crippen molar-refractivity contribution in [2.75, 3.05) is 11.5 Å². The maximum atomic E-state index is 11.5. The van der Waals surface area contributed by atoms with E-state index in [1.807, 2.05) is 13.0 Å². The van der Waals surface area contributed by atoms with Gasteiger partial charge in [-0.25, -0.2) is 8.42 Å².